The van der Waals surface area contributed by atoms with Crippen LogP contribution in [-0.2, 0) is 14.3 Å². The topological polar surface area (TPSA) is 105 Å². The molecule has 36 heavy (non-hydrogen) atoms. The molecule has 4 rings (SSSR count). The van der Waals surface area contributed by atoms with Crippen LogP contribution in [0, 0.1) is 6.92 Å². The van der Waals surface area contributed by atoms with E-state index in [1.807, 2.05) is 25.1 Å². The number of carbonyl (C=O) groups is 4. The SMILES string of the molecule is CCOC(=O)c1ccc(N2C(=O)C(Cl)=C(Nc3ccc(C(=O)Nc4cccc(C)c4)cc3)C2=O)cc1. The Bertz CT molecular complexity index is 1380. The Kier molecular flexibility index (Phi) is 7.17. The van der Waals surface area contributed by atoms with Crippen molar-refractivity contribution in [1.29, 1.82) is 0 Å². The van der Waals surface area contributed by atoms with Crippen molar-refractivity contribution in [1.82, 2.24) is 0 Å². The second-order valence-corrected chi connectivity index (χ2v) is 8.31. The van der Waals surface area contributed by atoms with E-state index in [2.05, 4.69) is 10.6 Å². The maximum atomic E-state index is 13.0. The van der Waals surface area contributed by atoms with Gasteiger partial charge in [-0.05, 0) is 80.1 Å². The first-order chi connectivity index (χ1) is 17.3. The summed E-state index contributed by atoms with van der Waals surface area (Å²) in [6, 6.07) is 19.7. The van der Waals surface area contributed by atoms with Gasteiger partial charge in [-0.3, -0.25) is 14.4 Å². The van der Waals surface area contributed by atoms with Gasteiger partial charge in [0, 0.05) is 16.9 Å². The number of nitrogens with zero attached hydrogens (tertiary/aromatic N) is 1. The maximum Gasteiger partial charge on any atom is 0.338 e. The highest BCUT2D eigenvalue weighted by atomic mass is 35.5. The Morgan fingerprint density at radius 3 is 2.19 bits per heavy atom. The molecule has 0 spiro atoms. The zero-order valence-corrected chi connectivity index (χ0v) is 20.3. The third-order valence-corrected chi connectivity index (χ3v) is 5.71. The van der Waals surface area contributed by atoms with E-state index in [1.54, 1.807) is 37.3 Å². The molecule has 1 aliphatic heterocycles. The first-order valence-electron chi connectivity index (χ1n) is 11.1. The van der Waals surface area contributed by atoms with Crippen LogP contribution in [0.3, 0.4) is 0 Å². The van der Waals surface area contributed by atoms with Crippen LogP contribution in [0.2, 0.25) is 0 Å². The van der Waals surface area contributed by atoms with Crippen molar-refractivity contribution in [3.63, 3.8) is 0 Å². The summed E-state index contributed by atoms with van der Waals surface area (Å²) in [5.41, 5.74) is 3.06. The number of hydrogen-bond donors (Lipinski definition) is 2. The van der Waals surface area contributed by atoms with Crippen LogP contribution in [-0.4, -0.2) is 30.3 Å². The lowest BCUT2D eigenvalue weighted by Crippen LogP contribution is -2.32. The molecular weight excluding hydrogens is 482 g/mol. The Balaban J connectivity index is 1.45. The molecule has 0 radical (unpaired) electrons. The lowest BCUT2D eigenvalue weighted by Gasteiger charge is -2.15. The van der Waals surface area contributed by atoms with Crippen molar-refractivity contribution >= 4 is 52.4 Å². The Labute approximate surface area is 212 Å². The number of hydrogen-bond acceptors (Lipinski definition) is 6. The summed E-state index contributed by atoms with van der Waals surface area (Å²) in [5, 5.41) is 5.43. The molecule has 0 fully saturated rings. The van der Waals surface area contributed by atoms with E-state index >= 15 is 0 Å². The fourth-order valence-electron chi connectivity index (χ4n) is 3.58. The molecule has 3 amide bonds. The van der Waals surface area contributed by atoms with Crippen LogP contribution < -0.4 is 15.5 Å². The van der Waals surface area contributed by atoms with Gasteiger partial charge in [-0.2, -0.15) is 0 Å². The number of halogens is 1. The number of carbonyl (C=O) groups excluding carboxylic acids is 4. The minimum Gasteiger partial charge on any atom is -0.462 e. The number of anilines is 3. The molecule has 3 aromatic carbocycles. The summed E-state index contributed by atoms with van der Waals surface area (Å²) in [7, 11) is 0. The monoisotopic (exact) mass is 503 g/mol. The van der Waals surface area contributed by atoms with E-state index in [0.29, 0.717) is 22.5 Å². The van der Waals surface area contributed by atoms with Crippen molar-refractivity contribution in [3.8, 4) is 0 Å². The van der Waals surface area contributed by atoms with E-state index in [4.69, 9.17) is 16.3 Å². The zero-order chi connectivity index (χ0) is 25.8. The molecule has 8 nitrogen and oxygen atoms in total. The van der Waals surface area contributed by atoms with Gasteiger partial charge in [0.05, 0.1) is 17.9 Å². The summed E-state index contributed by atoms with van der Waals surface area (Å²) >= 11 is 6.19. The van der Waals surface area contributed by atoms with Crippen molar-refractivity contribution in [3.05, 3.63) is 100 Å². The number of benzene rings is 3. The van der Waals surface area contributed by atoms with Gasteiger partial charge in [0.1, 0.15) is 10.7 Å². The van der Waals surface area contributed by atoms with Crippen LogP contribution >= 0.6 is 11.6 Å². The van der Waals surface area contributed by atoms with Crippen LogP contribution in [0.5, 0.6) is 0 Å². The third-order valence-electron chi connectivity index (χ3n) is 5.36. The van der Waals surface area contributed by atoms with Gasteiger partial charge in [-0.25, -0.2) is 9.69 Å². The zero-order valence-electron chi connectivity index (χ0n) is 19.5. The first-order valence-corrected chi connectivity index (χ1v) is 11.5. The summed E-state index contributed by atoms with van der Waals surface area (Å²) in [5.74, 6) is -2.12. The quantitative estimate of drug-likeness (QED) is 0.352. The minimum absolute atomic E-state index is 0.0897. The normalized spacial score (nSPS) is 13.1. The second-order valence-electron chi connectivity index (χ2n) is 7.93. The number of esters is 1. The lowest BCUT2D eigenvalue weighted by molar-refractivity contribution is -0.120. The first kappa shape index (κ1) is 24.7. The molecule has 0 atom stereocenters. The van der Waals surface area contributed by atoms with E-state index in [0.717, 1.165) is 10.5 Å². The number of rotatable bonds is 7. The van der Waals surface area contributed by atoms with Gasteiger partial charge in [0.2, 0.25) is 0 Å². The average molecular weight is 504 g/mol. The molecule has 0 unspecified atom stereocenters. The van der Waals surface area contributed by atoms with E-state index in [1.165, 1.54) is 24.3 Å². The van der Waals surface area contributed by atoms with Crippen LogP contribution in [0.25, 0.3) is 0 Å². The fraction of sp³-hybridized carbons (Fsp3) is 0.111. The average Bonchev–Trinajstić information content (AvgIpc) is 3.07. The predicted octanol–water partition coefficient (Wildman–Crippen LogP) is 4.86. The number of amides is 3. The molecule has 0 aromatic heterocycles. The van der Waals surface area contributed by atoms with Crippen LogP contribution in [0.1, 0.15) is 33.2 Å². The van der Waals surface area contributed by atoms with E-state index in [9.17, 15) is 19.2 Å². The largest absolute Gasteiger partial charge is 0.462 e. The molecule has 1 heterocycles. The third kappa shape index (κ3) is 5.13. The number of aryl methyl sites for hydroxylation is 1. The van der Waals surface area contributed by atoms with Crippen molar-refractivity contribution < 1.29 is 23.9 Å². The van der Waals surface area contributed by atoms with E-state index in [-0.39, 0.29) is 28.9 Å². The Morgan fingerprint density at radius 2 is 1.56 bits per heavy atom. The summed E-state index contributed by atoms with van der Waals surface area (Å²) in [6.45, 7) is 3.87. The number of imide groups is 1. The lowest BCUT2D eigenvalue weighted by atomic mass is 10.1. The molecule has 2 N–H and O–H groups in total. The van der Waals surface area contributed by atoms with Crippen LogP contribution in [0.4, 0.5) is 17.1 Å². The standard InChI is InChI=1S/C27H22ClN3O5/c1-3-36-27(35)18-9-13-21(14-10-18)31-25(33)22(28)23(26(31)34)29-19-11-7-17(8-12-19)24(32)30-20-6-4-5-16(2)15-20/h4-15,29H,3H2,1-2H3,(H,30,32). The van der Waals surface area contributed by atoms with Crippen molar-refractivity contribution in [2.24, 2.45) is 0 Å². The van der Waals surface area contributed by atoms with Crippen LogP contribution in [0.15, 0.2) is 83.5 Å². The van der Waals surface area contributed by atoms with E-state index < -0.39 is 17.8 Å². The van der Waals surface area contributed by atoms with Gasteiger partial charge in [-0.15, -0.1) is 0 Å². The molecule has 0 saturated heterocycles. The molecule has 0 aliphatic carbocycles. The van der Waals surface area contributed by atoms with Gasteiger partial charge in [-0.1, -0.05) is 23.7 Å². The van der Waals surface area contributed by atoms with Gasteiger partial charge < -0.3 is 15.4 Å². The Hall–Kier alpha value is -4.43. The molecule has 9 heteroatoms. The molecule has 1 aliphatic rings. The number of ether oxygens (including phenoxy) is 1. The molecule has 0 saturated carbocycles. The van der Waals surface area contributed by atoms with Crippen molar-refractivity contribution in [2.75, 3.05) is 22.1 Å². The Morgan fingerprint density at radius 1 is 0.889 bits per heavy atom. The second kappa shape index (κ2) is 10.5. The molecule has 3 aromatic rings. The van der Waals surface area contributed by atoms with Gasteiger partial charge >= 0.3 is 5.97 Å². The maximum absolute atomic E-state index is 13.0. The van der Waals surface area contributed by atoms with Gasteiger partial charge in [0.15, 0.2) is 0 Å². The predicted molar refractivity (Wildman–Crippen MR) is 137 cm³/mol. The molecule has 182 valence electrons. The summed E-state index contributed by atoms with van der Waals surface area (Å²) in [6.07, 6.45) is 0. The van der Waals surface area contributed by atoms with Gasteiger partial charge in [0.25, 0.3) is 17.7 Å². The number of nitrogens with one attached hydrogen (secondary N) is 2. The smallest absolute Gasteiger partial charge is 0.338 e. The summed E-state index contributed by atoms with van der Waals surface area (Å²) in [4.78, 5) is 51.0. The highest BCUT2D eigenvalue weighted by Crippen LogP contribution is 2.30. The summed E-state index contributed by atoms with van der Waals surface area (Å²) < 4.78 is 4.94. The highest BCUT2D eigenvalue weighted by Gasteiger charge is 2.39. The molecular formula is C27H22ClN3O5. The molecule has 0 bridgehead atoms. The highest BCUT2D eigenvalue weighted by molar-refractivity contribution is 6.53. The van der Waals surface area contributed by atoms with Crippen molar-refractivity contribution in [2.45, 2.75) is 13.8 Å². The minimum atomic E-state index is -0.692. The fourth-order valence-corrected chi connectivity index (χ4v) is 3.79.